The number of hydrogen-bond acceptors (Lipinski definition) is 2. The maximum Gasteiger partial charge on any atom is 0.124 e. The van der Waals surface area contributed by atoms with Crippen LogP contribution in [0.5, 0.6) is 0 Å². The molecule has 0 spiro atoms. The molecule has 0 saturated heterocycles. The summed E-state index contributed by atoms with van der Waals surface area (Å²) >= 11 is 0. The lowest BCUT2D eigenvalue weighted by Gasteiger charge is -2.20. The second-order valence-corrected chi connectivity index (χ2v) is 3.88. The standard InChI is InChI=1S/C10H19N3/c1-5-9(7(2)3)13-10(11)8(4)6-12-13/h6-7,9H,5,11H2,1-4H3. The zero-order valence-electron chi connectivity index (χ0n) is 8.91. The number of rotatable bonds is 3. The molecule has 0 bridgehead atoms. The van der Waals surface area contributed by atoms with Crippen LogP contribution in [0.15, 0.2) is 6.20 Å². The predicted octanol–water partition coefficient (Wildman–Crippen LogP) is 2.38. The molecule has 13 heavy (non-hydrogen) atoms. The molecule has 1 unspecified atom stereocenters. The molecule has 1 heterocycles. The number of anilines is 1. The maximum absolute atomic E-state index is 5.92. The Morgan fingerprint density at radius 2 is 2.15 bits per heavy atom. The number of aryl methyl sites for hydroxylation is 1. The van der Waals surface area contributed by atoms with E-state index < -0.39 is 0 Å². The number of nitrogens with zero attached hydrogens (tertiary/aromatic N) is 2. The smallest absolute Gasteiger partial charge is 0.124 e. The molecule has 3 nitrogen and oxygen atoms in total. The molecule has 0 aromatic carbocycles. The fraction of sp³-hybridized carbons (Fsp3) is 0.700. The van der Waals surface area contributed by atoms with Crippen LogP contribution in [0.1, 0.15) is 38.8 Å². The van der Waals surface area contributed by atoms with Gasteiger partial charge in [0.25, 0.3) is 0 Å². The highest BCUT2D eigenvalue weighted by molar-refractivity contribution is 5.37. The number of hydrogen-bond donors (Lipinski definition) is 1. The topological polar surface area (TPSA) is 43.8 Å². The summed E-state index contributed by atoms with van der Waals surface area (Å²) in [5.41, 5.74) is 6.99. The summed E-state index contributed by atoms with van der Waals surface area (Å²) in [7, 11) is 0. The van der Waals surface area contributed by atoms with E-state index in [9.17, 15) is 0 Å². The maximum atomic E-state index is 5.92. The molecule has 0 radical (unpaired) electrons. The van der Waals surface area contributed by atoms with Crippen LogP contribution in [-0.2, 0) is 0 Å². The minimum atomic E-state index is 0.425. The van der Waals surface area contributed by atoms with Gasteiger partial charge in [0.05, 0.1) is 12.2 Å². The minimum absolute atomic E-state index is 0.425. The van der Waals surface area contributed by atoms with Crippen molar-refractivity contribution < 1.29 is 0 Å². The highest BCUT2D eigenvalue weighted by atomic mass is 15.3. The molecule has 0 saturated carbocycles. The molecule has 1 rings (SSSR count). The first-order valence-corrected chi connectivity index (χ1v) is 4.87. The highest BCUT2D eigenvalue weighted by Gasteiger charge is 2.16. The van der Waals surface area contributed by atoms with Crippen molar-refractivity contribution in [3.05, 3.63) is 11.8 Å². The van der Waals surface area contributed by atoms with Crippen LogP contribution in [0.2, 0.25) is 0 Å². The summed E-state index contributed by atoms with van der Waals surface area (Å²) < 4.78 is 1.94. The molecule has 0 aliphatic heterocycles. The molecule has 0 fully saturated rings. The van der Waals surface area contributed by atoms with E-state index in [2.05, 4.69) is 25.9 Å². The van der Waals surface area contributed by atoms with Gasteiger partial charge in [-0.1, -0.05) is 20.8 Å². The van der Waals surface area contributed by atoms with E-state index in [1.807, 2.05) is 17.8 Å². The normalized spacial score (nSPS) is 13.6. The lowest BCUT2D eigenvalue weighted by molar-refractivity contribution is 0.341. The van der Waals surface area contributed by atoms with Gasteiger partial charge in [0.1, 0.15) is 5.82 Å². The van der Waals surface area contributed by atoms with Crippen molar-refractivity contribution in [3.8, 4) is 0 Å². The Balaban J connectivity index is 2.98. The molecular formula is C10H19N3. The van der Waals surface area contributed by atoms with Gasteiger partial charge in [0, 0.05) is 5.56 Å². The minimum Gasteiger partial charge on any atom is -0.384 e. The molecule has 0 aliphatic rings. The summed E-state index contributed by atoms with van der Waals surface area (Å²) in [5.74, 6) is 1.38. The third-order valence-electron chi connectivity index (χ3n) is 2.53. The van der Waals surface area contributed by atoms with Gasteiger partial charge < -0.3 is 5.73 Å². The van der Waals surface area contributed by atoms with Crippen LogP contribution in [0.25, 0.3) is 0 Å². The van der Waals surface area contributed by atoms with Crippen LogP contribution >= 0.6 is 0 Å². The average molecular weight is 181 g/mol. The van der Waals surface area contributed by atoms with Crippen LogP contribution in [0.3, 0.4) is 0 Å². The Kier molecular flexibility index (Phi) is 2.96. The number of nitrogens with two attached hydrogens (primary N) is 1. The zero-order valence-corrected chi connectivity index (χ0v) is 8.91. The van der Waals surface area contributed by atoms with E-state index in [0.29, 0.717) is 12.0 Å². The molecule has 0 aliphatic carbocycles. The monoisotopic (exact) mass is 181 g/mol. The van der Waals surface area contributed by atoms with E-state index in [4.69, 9.17) is 5.73 Å². The van der Waals surface area contributed by atoms with Crippen molar-refractivity contribution in [2.45, 2.75) is 40.2 Å². The SMILES string of the molecule is CCC(C(C)C)n1ncc(C)c1N. The Hall–Kier alpha value is -0.990. The Morgan fingerprint density at radius 1 is 1.54 bits per heavy atom. The van der Waals surface area contributed by atoms with Gasteiger partial charge in [-0.3, -0.25) is 0 Å². The lowest BCUT2D eigenvalue weighted by atomic mass is 10.0. The van der Waals surface area contributed by atoms with Crippen molar-refractivity contribution in [1.82, 2.24) is 9.78 Å². The second-order valence-electron chi connectivity index (χ2n) is 3.88. The van der Waals surface area contributed by atoms with E-state index in [1.54, 1.807) is 0 Å². The summed E-state index contributed by atoms with van der Waals surface area (Å²) in [4.78, 5) is 0. The van der Waals surface area contributed by atoms with Crippen LogP contribution in [0, 0.1) is 12.8 Å². The van der Waals surface area contributed by atoms with Crippen molar-refractivity contribution in [2.75, 3.05) is 5.73 Å². The quantitative estimate of drug-likeness (QED) is 0.778. The summed E-state index contributed by atoms with van der Waals surface area (Å²) in [5, 5.41) is 4.30. The van der Waals surface area contributed by atoms with Crippen LogP contribution in [0.4, 0.5) is 5.82 Å². The van der Waals surface area contributed by atoms with Gasteiger partial charge in [-0.15, -0.1) is 0 Å². The van der Waals surface area contributed by atoms with Gasteiger partial charge in [-0.2, -0.15) is 5.10 Å². The fourth-order valence-corrected chi connectivity index (χ4v) is 1.65. The van der Waals surface area contributed by atoms with Crippen LogP contribution < -0.4 is 5.73 Å². The summed E-state index contributed by atoms with van der Waals surface area (Å²) in [6, 6.07) is 0.425. The number of nitrogen functional groups attached to an aromatic ring is 1. The van der Waals surface area contributed by atoms with E-state index >= 15 is 0 Å². The van der Waals surface area contributed by atoms with Crippen molar-refractivity contribution in [1.29, 1.82) is 0 Å². The molecule has 3 heteroatoms. The lowest BCUT2D eigenvalue weighted by Crippen LogP contribution is -2.17. The van der Waals surface area contributed by atoms with Crippen molar-refractivity contribution in [2.24, 2.45) is 5.92 Å². The van der Waals surface area contributed by atoms with Gasteiger partial charge in [0.2, 0.25) is 0 Å². The molecule has 1 atom stereocenters. The van der Waals surface area contributed by atoms with Crippen LogP contribution in [-0.4, -0.2) is 9.78 Å². The first-order valence-electron chi connectivity index (χ1n) is 4.87. The Labute approximate surface area is 79.9 Å². The first kappa shape index (κ1) is 10.1. The van der Waals surface area contributed by atoms with Gasteiger partial charge in [0.15, 0.2) is 0 Å². The average Bonchev–Trinajstić information content (AvgIpc) is 2.37. The first-order chi connectivity index (χ1) is 6.07. The Bertz CT molecular complexity index is 276. The Morgan fingerprint density at radius 3 is 2.46 bits per heavy atom. The van der Waals surface area contributed by atoms with Crippen molar-refractivity contribution in [3.63, 3.8) is 0 Å². The molecule has 0 amide bonds. The fourth-order valence-electron chi connectivity index (χ4n) is 1.65. The number of aromatic nitrogens is 2. The summed E-state index contributed by atoms with van der Waals surface area (Å²) in [6.07, 6.45) is 2.91. The zero-order chi connectivity index (χ0) is 10.0. The van der Waals surface area contributed by atoms with Gasteiger partial charge >= 0.3 is 0 Å². The van der Waals surface area contributed by atoms with E-state index in [0.717, 1.165) is 17.8 Å². The third kappa shape index (κ3) is 1.85. The van der Waals surface area contributed by atoms with Gasteiger partial charge in [-0.05, 0) is 19.3 Å². The highest BCUT2D eigenvalue weighted by Crippen LogP contribution is 2.24. The van der Waals surface area contributed by atoms with Crippen molar-refractivity contribution >= 4 is 5.82 Å². The largest absolute Gasteiger partial charge is 0.384 e. The third-order valence-corrected chi connectivity index (χ3v) is 2.53. The van der Waals surface area contributed by atoms with Gasteiger partial charge in [-0.25, -0.2) is 4.68 Å². The molecular weight excluding hydrogens is 162 g/mol. The van der Waals surface area contributed by atoms with E-state index in [-0.39, 0.29) is 0 Å². The van der Waals surface area contributed by atoms with E-state index in [1.165, 1.54) is 0 Å². The molecule has 1 aromatic heterocycles. The summed E-state index contributed by atoms with van der Waals surface area (Å²) in [6.45, 7) is 8.56. The molecule has 2 N–H and O–H groups in total. The second kappa shape index (κ2) is 3.81. The molecule has 74 valence electrons. The predicted molar refractivity (Wildman–Crippen MR) is 55.5 cm³/mol. The molecule has 1 aromatic rings.